The van der Waals surface area contributed by atoms with Gasteiger partial charge in [0.05, 0.1) is 18.8 Å². The topological polar surface area (TPSA) is 72.3 Å². The maximum Gasteiger partial charge on any atom is 0.275 e. The second-order valence-corrected chi connectivity index (χ2v) is 6.53. The second kappa shape index (κ2) is 9.75. The van der Waals surface area contributed by atoms with Crippen molar-refractivity contribution in [3.05, 3.63) is 41.2 Å². The molecule has 0 unspecified atom stereocenters. The number of likely N-dealkylation sites (N-methyl/N-ethyl adjacent to an activating group) is 1. The molecule has 1 saturated heterocycles. The number of benzene rings is 1. The molecule has 0 spiro atoms. The molecule has 1 fully saturated rings. The Kier molecular flexibility index (Phi) is 7.68. The van der Waals surface area contributed by atoms with E-state index < -0.39 is 0 Å². The first-order valence-electron chi connectivity index (χ1n) is 8.40. The van der Waals surface area contributed by atoms with Gasteiger partial charge in [0.25, 0.3) is 5.91 Å². The summed E-state index contributed by atoms with van der Waals surface area (Å²) in [5.41, 5.74) is 0.368. The van der Waals surface area contributed by atoms with E-state index in [9.17, 15) is 4.79 Å². The van der Waals surface area contributed by atoms with E-state index in [-0.39, 0.29) is 18.3 Å². The minimum atomic E-state index is -0.153. The fourth-order valence-electron chi connectivity index (χ4n) is 2.75. The summed E-state index contributed by atoms with van der Waals surface area (Å²) in [6, 6.07) is 7.45. The minimum Gasteiger partial charge on any atom is -0.492 e. The molecule has 0 aliphatic carbocycles. The Hall–Kier alpha value is -1.83. The normalized spacial score (nSPS) is 14.5. The zero-order chi connectivity index (χ0) is 17.6. The highest BCUT2D eigenvalue weighted by Crippen LogP contribution is 2.18. The number of carbonyl (C=O) groups is 1. The summed E-state index contributed by atoms with van der Waals surface area (Å²) in [7, 11) is 1.73. The standard InChI is InChI=1S/C17H22ClN5O2.ClH/c1-22(10-11-25-15-4-2-13(18)3-5-15)17(24)16-12-23(21-20-16)14-6-8-19-9-7-14;/h2-5,12,14,19H,6-11H2,1H3;1H. The lowest BCUT2D eigenvalue weighted by Gasteiger charge is -2.22. The number of nitrogens with zero attached hydrogens (tertiary/aromatic N) is 4. The van der Waals surface area contributed by atoms with Crippen LogP contribution in [0.4, 0.5) is 0 Å². The Balaban J connectivity index is 0.00000243. The van der Waals surface area contributed by atoms with Crippen LogP contribution in [-0.2, 0) is 0 Å². The van der Waals surface area contributed by atoms with Gasteiger partial charge in [0.1, 0.15) is 12.4 Å². The molecule has 0 radical (unpaired) electrons. The third kappa shape index (κ3) is 5.33. The smallest absolute Gasteiger partial charge is 0.275 e. The largest absolute Gasteiger partial charge is 0.492 e. The summed E-state index contributed by atoms with van der Waals surface area (Å²) in [5.74, 6) is 0.571. The van der Waals surface area contributed by atoms with Crippen LogP contribution < -0.4 is 10.1 Å². The predicted octanol–water partition coefficient (Wildman–Crippen LogP) is 2.43. The Morgan fingerprint density at radius 1 is 1.35 bits per heavy atom. The predicted molar refractivity (Wildman–Crippen MR) is 102 cm³/mol. The molecule has 1 N–H and O–H groups in total. The Morgan fingerprint density at radius 2 is 2.04 bits per heavy atom. The Labute approximate surface area is 164 Å². The van der Waals surface area contributed by atoms with Gasteiger partial charge in [-0.25, -0.2) is 4.68 Å². The van der Waals surface area contributed by atoms with Crippen molar-refractivity contribution in [3.8, 4) is 5.75 Å². The van der Waals surface area contributed by atoms with Crippen LogP contribution in [0, 0.1) is 0 Å². The fourth-order valence-corrected chi connectivity index (χ4v) is 2.88. The molecule has 1 aliphatic rings. The van der Waals surface area contributed by atoms with Crippen LogP contribution in [0.2, 0.25) is 5.02 Å². The number of amides is 1. The number of nitrogens with one attached hydrogen (secondary N) is 1. The number of piperidine rings is 1. The lowest BCUT2D eigenvalue weighted by atomic mass is 10.1. The minimum absolute atomic E-state index is 0. The van der Waals surface area contributed by atoms with E-state index >= 15 is 0 Å². The van der Waals surface area contributed by atoms with E-state index in [0.717, 1.165) is 31.7 Å². The van der Waals surface area contributed by atoms with Crippen molar-refractivity contribution in [2.45, 2.75) is 18.9 Å². The van der Waals surface area contributed by atoms with Gasteiger partial charge in [0, 0.05) is 12.1 Å². The second-order valence-electron chi connectivity index (χ2n) is 6.09. The van der Waals surface area contributed by atoms with Crippen molar-refractivity contribution in [2.24, 2.45) is 0 Å². The van der Waals surface area contributed by atoms with Gasteiger partial charge in [-0.2, -0.15) is 0 Å². The average Bonchev–Trinajstić information content (AvgIpc) is 3.13. The molecule has 0 atom stereocenters. The molecule has 0 saturated carbocycles. The van der Waals surface area contributed by atoms with Gasteiger partial charge in [0.15, 0.2) is 5.69 Å². The van der Waals surface area contributed by atoms with Gasteiger partial charge in [-0.1, -0.05) is 16.8 Å². The zero-order valence-corrected chi connectivity index (χ0v) is 16.2. The van der Waals surface area contributed by atoms with Gasteiger partial charge in [-0.05, 0) is 50.2 Å². The third-order valence-corrected chi connectivity index (χ3v) is 4.52. The molecule has 1 aromatic heterocycles. The van der Waals surface area contributed by atoms with Crippen molar-refractivity contribution >= 4 is 29.9 Å². The highest BCUT2D eigenvalue weighted by molar-refractivity contribution is 6.30. The first-order chi connectivity index (χ1) is 12.1. The third-order valence-electron chi connectivity index (χ3n) is 4.27. The van der Waals surface area contributed by atoms with E-state index in [4.69, 9.17) is 16.3 Å². The Morgan fingerprint density at radius 3 is 2.73 bits per heavy atom. The summed E-state index contributed by atoms with van der Waals surface area (Å²) in [4.78, 5) is 14.0. The molecule has 3 rings (SSSR count). The molecule has 142 valence electrons. The molecule has 2 heterocycles. The SMILES string of the molecule is CN(CCOc1ccc(Cl)cc1)C(=O)c1cn(C2CCNCC2)nn1.Cl. The molecule has 0 bridgehead atoms. The molecule has 1 amide bonds. The summed E-state index contributed by atoms with van der Waals surface area (Å²) in [6.07, 6.45) is 3.75. The van der Waals surface area contributed by atoms with Gasteiger partial charge in [-0.15, -0.1) is 17.5 Å². The van der Waals surface area contributed by atoms with Crippen LogP contribution in [0.3, 0.4) is 0 Å². The molecule has 9 heteroatoms. The van der Waals surface area contributed by atoms with Crippen molar-refractivity contribution in [1.29, 1.82) is 0 Å². The number of rotatable bonds is 6. The van der Waals surface area contributed by atoms with Crippen molar-refractivity contribution in [3.63, 3.8) is 0 Å². The number of aromatic nitrogens is 3. The van der Waals surface area contributed by atoms with E-state index in [1.54, 1.807) is 42.4 Å². The molecule has 1 aliphatic heterocycles. The number of halogens is 2. The number of ether oxygens (including phenoxy) is 1. The quantitative estimate of drug-likeness (QED) is 0.807. The summed E-state index contributed by atoms with van der Waals surface area (Å²) in [6.45, 7) is 2.79. The van der Waals surface area contributed by atoms with Crippen molar-refractivity contribution in [1.82, 2.24) is 25.2 Å². The monoisotopic (exact) mass is 399 g/mol. The maximum absolute atomic E-state index is 12.5. The highest BCUT2D eigenvalue weighted by Gasteiger charge is 2.20. The number of hydrogen-bond donors (Lipinski definition) is 1. The van der Waals surface area contributed by atoms with Crippen molar-refractivity contribution in [2.75, 3.05) is 33.3 Å². The Bertz CT molecular complexity index is 701. The van der Waals surface area contributed by atoms with Crippen LogP contribution in [0.25, 0.3) is 0 Å². The van der Waals surface area contributed by atoms with E-state index in [0.29, 0.717) is 29.9 Å². The summed E-state index contributed by atoms with van der Waals surface area (Å²) < 4.78 is 7.43. The summed E-state index contributed by atoms with van der Waals surface area (Å²) in [5, 5.41) is 12.1. The van der Waals surface area contributed by atoms with Crippen LogP contribution in [0.15, 0.2) is 30.5 Å². The lowest BCUT2D eigenvalue weighted by Crippen LogP contribution is -2.31. The highest BCUT2D eigenvalue weighted by atomic mass is 35.5. The van der Waals surface area contributed by atoms with Gasteiger partial charge < -0.3 is 15.0 Å². The van der Waals surface area contributed by atoms with Gasteiger partial charge in [-0.3, -0.25) is 4.79 Å². The molecule has 1 aromatic carbocycles. The molecule has 26 heavy (non-hydrogen) atoms. The van der Waals surface area contributed by atoms with Crippen LogP contribution in [0.5, 0.6) is 5.75 Å². The molecule has 2 aromatic rings. The van der Waals surface area contributed by atoms with E-state index in [1.165, 1.54) is 0 Å². The number of hydrogen-bond acceptors (Lipinski definition) is 5. The zero-order valence-electron chi connectivity index (χ0n) is 14.6. The first kappa shape index (κ1) is 20.5. The van der Waals surface area contributed by atoms with Crippen LogP contribution in [-0.4, -0.2) is 59.1 Å². The first-order valence-corrected chi connectivity index (χ1v) is 8.77. The van der Waals surface area contributed by atoms with Gasteiger partial charge >= 0.3 is 0 Å². The molecule has 7 nitrogen and oxygen atoms in total. The number of carbonyl (C=O) groups excluding carboxylic acids is 1. The van der Waals surface area contributed by atoms with Crippen LogP contribution >= 0.6 is 24.0 Å². The summed E-state index contributed by atoms with van der Waals surface area (Å²) >= 11 is 5.84. The van der Waals surface area contributed by atoms with Crippen molar-refractivity contribution < 1.29 is 9.53 Å². The lowest BCUT2D eigenvalue weighted by molar-refractivity contribution is 0.0768. The van der Waals surface area contributed by atoms with E-state index in [2.05, 4.69) is 15.6 Å². The molecular formula is C17H23Cl2N5O2. The van der Waals surface area contributed by atoms with Gasteiger partial charge in [0.2, 0.25) is 0 Å². The maximum atomic E-state index is 12.5. The molecular weight excluding hydrogens is 377 g/mol. The fraction of sp³-hybridized carbons (Fsp3) is 0.471. The van der Waals surface area contributed by atoms with E-state index in [1.807, 2.05) is 4.68 Å². The van der Waals surface area contributed by atoms with Crippen LogP contribution in [0.1, 0.15) is 29.4 Å². The average molecular weight is 400 g/mol.